The molecule has 0 spiro atoms. The number of fused-ring (bicyclic) bond motifs is 1. The molecule has 0 saturated heterocycles. The van der Waals surface area contributed by atoms with Gasteiger partial charge in [0.2, 0.25) is 5.43 Å². The largest absolute Gasteiger partial charge is 0.503 e. The Morgan fingerprint density at radius 1 is 1.29 bits per heavy atom. The van der Waals surface area contributed by atoms with Crippen LogP contribution in [0.2, 0.25) is 0 Å². The molecular formula is C14H22N4O5S. The first-order chi connectivity index (χ1) is 11.1. The molecule has 2 N–H and O–H groups in total. The molecule has 0 aliphatic carbocycles. The predicted molar refractivity (Wildman–Crippen MR) is 88.0 cm³/mol. The molecular weight excluding hydrogens is 336 g/mol. The van der Waals surface area contributed by atoms with Crippen molar-refractivity contribution in [1.29, 1.82) is 0 Å². The van der Waals surface area contributed by atoms with Gasteiger partial charge in [0.1, 0.15) is 0 Å². The molecule has 1 aliphatic rings. The number of hydrogen-bond acceptors (Lipinski definition) is 5. The van der Waals surface area contributed by atoms with Gasteiger partial charge < -0.3 is 14.6 Å². The lowest BCUT2D eigenvalue weighted by molar-refractivity contribution is 0.0639. The van der Waals surface area contributed by atoms with Crippen LogP contribution in [-0.2, 0) is 23.3 Å². The van der Waals surface area contributed by atoms with Gasteiger partial charge in [-0.05, 0) is 13.8 Å². The van der Waals surface area contributed by atoms with E-state index in [1.165, 1.54) is 18.7 Å². The van der Waals surface area contributed by atoms with Crippen LogP contribution in [0.1, 0.15) is 30.0 Å². The lowest BCUT2D eigenvalue weighted by atomic mass is 10.1. The van der Waals surface area contributed by atoms with Crippen molar-refractivity contribution in [1.82, 2.24) is 18.5 Å². The number of carbonyl (C=O) groups is 1. The van der Waals surface area contributed by atoms with Gasteiger partial charge in [-0.1, -0.05) is 0 Å². The first kappa shape index (κ1) is 18.4. The highest BCUT2D eigenvalue weighted by Gasteiger charge is 2.31. The maximum absolute atomic E-state index is 12.6. The van der Waals surface area contributed by atoms with Crippen LogP contribution in [0.4, 0.5) is 0 Å². The van der Waals surface area contributed by atoms with E-state index >= 15 is 0 Å². The second-order valence-corrected chi connectivity index (χ2v) is 8.02. The van der Waals surface area contributed by atoms with Gasteiger partial charge in [-0.3, -0.25) is 9.59 Å². The minimum Gasteiger partial charge on any atom is -0.503 e. The molecule has 2 heterocycles. The number of carbonyl (C=O) groups excluding carboxylic acids is 1. The average molecular weight is 358 g/mol. The van der Waals surface area contributed by atoms with Crippen molar-refractivity contribution in [2.75, 3.05) is 20.6 Å². The third kappa shape index (κ3) is 3.30. The van der Waals surface area contributed by atoms with Gasteiger partial charge in [0.15, 0.2) is 11.4 Å². The smallest absolute Gasteiger partial charge is 0.279 e. The van der Waals surface area contributed by atoms with E-state index in [0.29, 0.717) is 18.8 Å². The molecule has 1 aliphatic heterocycles. The van der Waals surface area contributed by atoms with E-state index in [-0.39, 0.29) is 18.3 Å². The van der Waals surface area contributed by atoms with Crippen LogP contribution in [-0.4, -0.2) is 59.9 Å². The zero-order valence-corrected chi connectivity index (χ0v) is 14.9. The Morgan fingerprint density at radius 2 is 1.92 bits per heavy atom. The summed E-state index contributed by atoms with van der Waals surface area (Å²) < 4.78 is 28.5. The van der Waals surface area contributed by atoms with Crippen molar-refractivity contribution in [3.05, 3.63) is 27.7 Å². The van der Waals surface area contributed by atoms with Crippen molar-refractivity contribution in [2.24, 2.45) is 0 Å². The van der Waals surface area contributed by atoms with E-state index in [1.54, 1.807) is 4.90 Å². The number of amides is 1. The van der Waals surface area contributed by atoms with Crippen LogP contribution in [0.5, 0.6) is 5.75 Å². The highest BCUT2D eigenvalue weighted by molar-refractivity contribution is 7.87. The summed E-state index contributed by atoms with van der Waals surface area (Å²) in [4.78, 5) is 26.1. The van der Waals surface area contributed by atoms with Crippen LogP contribution in [0.3, 0.4) is 0 Å². The van der Waals surface area contributed by atoms with Crippen molar-refractivity contribution >= 4 is 16.1 Å². The van der Waals surface area contributed by atoms with E-state index < -0.39 is 27.3 Å². The maximum atomic E-state index is 12.6. The first-order valence-electron chi connectivity index (χ1n) is 7.50. The van der Waals surface area contributed by atoms with Gasteiger partial charge in [-0.15, -0.1) is 0 Å². The summed E-state index contributed by atoms with van der Waals surface area (Å²) in [7, 11) is -0.914. The quantitative estimate of drug-likeness (QED) is 0.724. The number of nitrogens with zero attached hydrogens (tertiary/aromatic N) is 3. The van der Waals surface area contributed by atoms with Gasteiger partial charge >= 0.3 is 0 Å². The third-order valence-electron chi connectivity index (χ3n) is 3.94. The molecule has 2 rings (SSSR count). The van der Waals surface area contributed by atoms with Gasteiger partial charge in [0, 0.05) is 45.0 Å². The molecule has 0 radical (unpaired) electrons. The third-order valence-corrected chi connectivity index (χ3v) is 5.41. The van der Waals surface area contributed by atoms with Crippen LogP contribution >= 0.6 is 0 Å². The summed E-state index contributed by atoms with van der Waals surface area (Å²) >= 11 is 0. The number of aromatic nitrogens is 1. The van der Waals surface area contributed by atoms with Crippen LogP contribution < -0.4 is 10.2 Å². The van der Waals surface area contributed by atoms with E-state index in [0.717, 1.165) is 10.4 Å². The molecule has 0 saturated carbocycles. The van der Waals surface area contributed by atoms with Gasteiger partial charge in [0.05, 0.1) is 6.54 Å². The average Bonchev–Trinajstić information content (AvgIpc) is 2.48. The molecule has 0 fully saturated rings. The Hall–Kier alpha value is -1.91. The van der Waals surface area contributed by atoms with Crippen LogP contribution in [0, 0.1) is 0 Å². The Balaban J connectivity index is 2.45. The highest BCUT2D eigenvalue weighted by atomic mass is 32.2. The first-order valence-corrected chi connectivity index (χ1v) is 8.94. The second kappa shape index (κ2) is 6.54. The minimum atomic E-state index is -3.67. The molecule has 0 atom stereocenters. The van der Waals surface area contributed by atoms with Crippen LogP contribution in [0.25, 0.3) is 0 Å². The number of pyridine rings is 1. The molecule has 134 valence electrons. The van der Waals surface area contributed by atoms with Crippen LogP contribution in [0.15, 0.2) is 10.9 Å². The topological polar surface area (TPSA) is 112 Å². The van der Waals surface area contributed by atoms with Gasteiger partial charge in [-0.25, -0.2) is 0 Å². The molecule has 10 heteroatoms. The van der Waals surface area contributed by atoms with Gasteiger partial charge in [-0.2, -0.15) is 17.4 Å². The number of hydrogen-bond donors (Lipinski definition) is 2. The maximum Gasteiger partial charge on any atom is 0.279 e. The summed E-state index contributed by atoms with van der Waals surface area (Å²) in [6.07, 6.45) is 0. The van der Waals surface area contributed by atoms with Crippen molar-refractivity contribution in [3.8, 4) is 5.75 Å². The Labute approximate surface area is 140 Å². The monoisotopic (exact) mass is 358 g/mol. The summed E-state index contributed by atoms with van der Waals surface area (Å²) in [5, 5.41) is 10.0. The van der Waals surface area contributed by atoms with Crippen molar-refractivity contribution in [3.63, 3.8) is 0 Å². The summed E-state index contributed by atoms with van der Waals surface area (Å²) in [5.74, 6) is -1.05. The van der Waals surface area contributed by atoms with Crippen molar-refractivity contribution in [2.45, 2.75) is 33.0 Å². The summed E-state index contributed by atoms with van der Waals surface area (Å²) in [6, 6.07) is 1.08. The standard InChI is InChI=1S/C14H22N4O5S/c1-9(2)17-5-6-18-10(8-15-24(22,23)16(3)4)7-11(19)13(20)12(18)14(17)21/h7,9,15,20H,5-6,8H2,1-4H3. The Morgan fingerprint density at radius 3 is 2.46 bits per heavy atom. The second-order valence-electron chi connectivity index (χ2n) is 6.05. The fraction of sp³-hybridized carbons (Fsp3) is 0.571. The van der Waals surface area contributed by atoms with E-state index in [2.05, 4.69) is 4.72 Å². The molecule has 0 unspecified atom stereocenters. The zero-order valence-electron chi connectivity index (χ0n) is 14.1. The number of aromatic hydroxyl groups is 1. The minimum absolute atomic E-state index is 0.0725. The highest BCUT2D eigenvalue weighted by Crippen LogP contribution is 2.22. The molecule has 1 aromatic heterocycles. The Bertz CT molecular complexity index is 813. The number of rotatable bonds is 5. The summed E-state index contributed by atoms with van der Waals surface area (Å²) in [5.41, 5.74) is -0.476. The molecule has 0 aromatic carbocycles. The molecule has 1 aromatic rings. The van der Waals surface area contributed by atoms with E-state index in [4.69, 9.17) is 0 Å². The normalized spacial score (nSPS) is 15.2. The van der Waals surface area contributed by atoms with E-state index in [9.17, 15) is 23.1 Å². The fourth-order valence-corrected chi connectivity index (χ4v) is 3.13. The molecule has 9 nitrogen and oxygen atoms in total. The predicted octanol–water partition coefficient (Wildman–Crippen LogP) is -0.686. The van der Waals surface area contributed by atoms with Gasteiger partial charge in [0.25, 0.3) is 16.1 Å². The molecule has 0 bridgehead atoms. The van der Waals surface area contributed by atoms with E-state index in [1.807, 2.05) is 13.8 Å². The molecule has 1 amide bonds. The Kier molecular flexibility index (Phi) is 5.02. The number of nitrogens with one attached hydrogen (secondary N) is 1. The lowest BCUT2D eigenvalue weighted by Gasteiger charge is -2.34. The van der Waals surface area contributed by atoms with Crippen molar-refractivity contribution < 1.29 is 18.3 Å². The lowest BCUT2D eigenvalue weighted by Crippen LogP contribution is -2.46. The fourth-order valence-electron chi connectivity index (χ4n) is 2.54. The SMILES string of the molecule is CC(C)N1CCn2c(CNS(=O)(=O)N(C)C)cc(=O)c(O)c2C1=O. The summed E-state index contributed by atoms with van der Waals surface area (Å²) in [6.45, 7) is 4.32. The zero-order chi connectivity index (χ0) is 18.2. The molecule has 24 heavy (non-hydrogen) atoms.